The molecule has 0 bridgehead atoms. The molecule has 0 aliphatic heterocycles. The fourth-order valence-electron chi connectivity index (χ4n) is 1.64. The second-order valence-electron chi connectivity index (χ2n) is 3.47. The number of rotatable bonds is 1. The van der Waals surface area contributed by atoms with Gasteiger partial charge in [0.05, 0.1) is 0 Å². The molecule has 2 rings (SSSR count). The zero-order chi connectivity index (χ0) is 11.9. The van der Waals surface area contributed by atoms with Gasteiger partial charge in [-0.05, 0) is 36.6 Å². The maximum Gasteiger partial charge on any atom is 0.198 e. The summed E-state index contributed by atoms with van der Waals surface area (Å²) in [7, 11) is 0. The Morgan fingerprint density at radius 1 is 1.06 bits per heavy atom. The fourth-order valence-corrected chi connectivity index (χ4v) is 1.64. The Kier molecular flexibility index (Phi) is 2.58. The molecule has 0 fully saturated rings. The van der Waals surface area contributed by atoms with Crippen LogP contribution >= 0.6 is 0 Å². The molecule has 0 N–H and O–H groups in total. The molecule has 0 saturated heterocycles. The number of allylic oxidation sites excluding steroid dienone is 4. The van der Waals surface area contributed by atoms with E-state index in [4.69, 9.17) is 0 Å². The highest BCUT2D eigenvalue weighted by Crippen LogP contribution is 2.32. The minimum Gasteiger partial charge on any atom is -0.204 e. The van der Waals surface area contributed by atoms with Gasteiger partial charge in [0, 0.05) is 5.56 Å². The van der Waals surface area contributed by atoms with Crippen LogP contribution in [-0.2, 0) is 0 Å². The van der Waals surface area contributed by atoms with Crippen molar-refractivity contribution in [2.45, 2.75) is 13.3 Å². The lowest BCUT2D eigenvalue weighted by molar-refractivity contribution is 0.408. The van der Waals surface area contributed by atoms with Crippen LogP contribution in [0.1, 0.15) is 18.9 Å². The molecule has 83 valence electrons. The summed E-state index contributed by atoms with van der Waals surface area (Å²) in [5, 5.41) is 0. The molecule has 1 aromatic carbocycles. The van der Waals surface area contributed by atoms with Gasteiger partial charge in [-0.3, -0.25) is 0 Å². The van der Waals surface area contributed by atoms with Crippen molar-refractivity contribution in [2.24, 2.45) is 0 Å². The molecule has 4 heteroatoms. The quantitative estimate of drug-likeness (QED) is 0.389. The monoisotopic (exact) mass is 227 g/mol. The van der Waals surface area contributed by atoms with Crippen molar-refractivity contribution in [3.63, 3.8) is 0 Å². The standard InChI is InChI=1S/C12H7F4/c1-6-3-2-4-7(6)8-5-9(13)11(15)12(16)10(8)14/h4-5H,2H2,1H3. The smallest absolute Gasteiger partial charge is 0.198 e. The Morgan fingerprint density at radius 3 is 2.31 bits per heavy atom. The predicted octanol–water partition coefficient (Wildman–Crippen LogP) is 3.78. The van der Waals surface area contributed by atoms with Gasteiger partial charge < -0.3 is 0 Å². The molecular weight excluding hydrogens is 220 g/mol. The van der Waals surface area contributed by atoms with Gasteiger partial charge in [-0.25, -0.2) is 17.6 Å². The molecule has 0 spiro atoms. The zero-order valence-corrected chi connectivity index (χ0v) is 8.37. The van der Waals surface area contributed by atoms with Crippen molar-refractivity contribution in [3.8, 4) is 0 Å². The van der Waals surface area contributed by atoms with E-state index in [9.17, 15) is 17.6 Å². The van der Waals surface area contributed by atoms with Crippen LogP contribution in [0.4, 0.5) is 17.6 Å². The largest absolute Gasteiger partial charge is 0.204 e. The van der Waals surface area contributed by atoms with Crippen molar-refractivity contribution in [1.29, 1.82) is 0 Å². The summed E-state index contributed by atoms with van der Waals surface area (Å²) in [6.45, 7) is 1.65. The Hall–Kier alpha value is -1.58. The fraction of sp³-hybridized carbons (Fsp3) is 0.167. The molecule has 0 aromatic heterocycles. The van der Waals surface area contributed by atoms with E-state index in [1.807, 2.05) is 0 Å². The third-order valence-corrected chi connectivity index (χ3v) is 2.47. The van der Waals surface area contributed by atoms with Crippen LogP contribution < -0.4 is 0 Å². The van der Waals surface area contributed by atoms with Gasteiger partial charge in [-0.15, -0.1) is 0 Å². The Labute approximate surface area is 89.9 Å². The lowest BCUT2D eigenvalue weighted by atomic mass is 10.0. The third-order valence-electron chi connectivity index (χ3n) is 2.47. The molecule has 0 nitrogen and oxygen atoms in total. The van der Waals surface area contributed by atoms with Crippen LogP contribution in [0.3, 0.4) is 0 Å². The maximum absolute atomic E-state index is 13.4. The van der Waals surface area contributed by atoms with Crippen molar-refractivity contribution >= 4 is 5.57 Å². The zero-order valence-electron chi connectivity index (χ0n) is 8.37. The van der Waals surface area contributed by atoms with E-state index in [1.165, 1.54) is 0 Å². The molecule has 1 radical (unpaired) electrons. The van der Waals surface area contributed by atoms with Crippen molar-refractivity contribution in [3.05, 3.63) is 52.6 Å². The van der Waals surface area contributed by atoms with Crippen molar-refractivity contribution in [2.75, 3.05) is 0 Å². The molecule has 0 unspecified atom stereocenters. The van der Waals surface area contributed by atoms with Crippen LogP contribution in [0.2, 0.25) is 0 Å². The summed E-state index contributed by atoms with van der Waals surface area (Å²) in [5.41, 5.74) is 0.693. The van der Waals surface area contributed by atoms with Crippen molar-refractivity contribution < 1.29 is 17.6 Å². The topological polar surface area (TPSA) is 0 Å². The van der Waals surface area contributed by atoms with E-state index in [0.717, 1.165) is 0 Å². The summed E-state index contributed by atoms with van der Waals surface area (Å²) in [4.78, 5) is 0. The summed E-state index contributed by atoms with van der Waals surface area (Å²) in [5.74, 6) is -6.33. The van der Waals surface area contributed by atoms with Crippen LogP contribution in [0, 0.1) is 29.3 Å². The summed E-state index contributed by atoms with van der Waals surface area (Å²) in [6, 6.07) is 0.663. The normalized spacial score (nSPS) is 15.1. The lowest BCUT2D eigenvalue weighted by Gasteiger charge is -2.08. The highest BCUT2D eigenvalue weighted by atomic mass is 19.2. The number of halogens is 4. The highest BCUT2D eigenvalue weighted by Gasteiger charge is 2.22. The molecule has 1 aromatic rings. The van der Waals surface area contributed by atoms with Crippen LogP contribution in [0.5, 0.6) is 0 Å². The van der Waals surface area contributed by atoms with Gasteiger partial charge in [0.1, 0.15) is 0 Å². The minimum absolute atomic E-state index is 0.265. The number of hydrogen-bond donors (Lipinski definition) is 0. The molecule has 1 aliphatic rings. The lowest BCUT2D eigenvalue weighted by Crippen LogP contribution is -2.01. The summed E-state index contributed by atoms with van der Waals surface area (Å²) < 4.78 is 52.1. The SMILES string of the molecule is CC1=[C]CC=C1c1cc(F)c(F)c(F)c1F. The Morgan fingerprint density at radius 2 is 1.75 bits per heavy atom. The van der Waals surface area contributed by atoms with Gasteiger partial charge in [0.2, 0.25) is 0 Å². The van der Waals surface area contributed by atoms with E-state index in [0.29, 0.717) is 23.6 Å². The van der Waals surface area contributed by atoms with Gasteiger partial charge in [0.25, 0.3) is 0 Å². The van der Waals surface area contributed by atoms with Gasteiger partial charge >= 0.3 is 0 Å². The Bertz CT molecular complexity index is 512. The first kappa shape index (κ1) is 10.9. The number of hydrogen-bond acceptors (Lipinski definition) is 0. The van der Waals surface area contributed by atoms with E-state index in [1.54, 1.807) is 13.0 Å². The first-order valence-corrected chi connectivity index (χ1v) is 4.63. The molecule has 16 heavy (non-hydrogen) atoms. The van der Waals surface area contributed by atoms with E-state index in [-0.39, 0.29) is 5.56 Å². The first-order valence-electron chi connectivity index (χ1n) is 4.63. The second kappa shape index (κ2) is 3.77. The average molecular weight is 227 g/mol. The second-order valence-corrected chi connectivity index (χ2v) is 3.47. The predicted molar refractivity (Wildman–Crippen MR) is 51.3 cm³/mol. The summed E-state index contributed by atoms with van der Waals surface area (Å²) >= 11 is 0. The van der Waals surface area contributed by atoms with Crippen molar-refractivity contribution in [1.82, 2.24) is 0 Å². The van der Waals surface area contributed by atoms with E-state index in [2.05, 4.69) is 6.08 Å². The Balaban J connectivity index is 2.63. The van der Waals surface area contributed by atoms with Crippen LogP contribution in [0.15, 0.2) is 17.7 Å². The van der Waals surface area contributed by atoms with Gasteiger partial charge in [-0.1, -0.05) is 6.08 Å². The van der Waals surface area contributed by atoms with Gasteiger partial charge in [-0.2, -0.15) is 0 Å². The molecule has 1 aliphatic carbocycles. The highest BCUT2D eigenvalue weighted by molar-refractivity contribution is 5.80. The number of benzene rings is 1. The maximum atomic E-state index is 13.4. The summed E-state index contributed by atoms with van der Waals surface area (Å²) in [6.07, 6.45) is 4.91. The molecule has 0 amide bonds. The molecular formula is C12H7F4. The van der Waals surface area contributed by atoms with Crippen LogP contribution in [0.25, 0.3) is 5.57 Å². The third kappa shape index (κ3) is 1.54. The van der Waals surface area contributed by atoms with Gasteiger partial charge in [0.15, 0.2) is 23.3 Å². The molecule has 0 heterocycles. The van der Waals surface area contributed by atoms with E-state index >= 15 is 0 Å². The molecule has 0 saturated carbocycles. The first-order chi connectivity index (χ1) is 7.52. The van der Waals surface area contributed by atoms with Crippen LogP contribution in [-0.4, -0.2) is 0 Å². The minimum atomic E-state index is -1.79. The molecule has 0 atom stereocenters. The van der Waals surface area contributed by atoms with E-state index < -0.39 is 23.3 Å². The average Bonchev–Trinajstić information content (AvgIpc) is 2.67.